The zero-order chi connectivity index (χ0) is 17.8. The summed E-state index contributed by atoms with van der Waals surface area (Å²) < 4.78 is 1.75. The first-order chi connectivity index (χ1) is 12.0. The minimum Gasteiger partial charge on any atom is -0.328 e. The van der Waals surface area contributed by atoms with Crippen molar-refractivity contribution < 1.29 is 4.79 Å². The van der Waals surface area contributed by atoms with Crippen LogP contribution in [0.5, 0.6) is 0 Å². The van der Waals surface area contributed by atoms with Crippen molar-refractivity contribution in [2.45, 2.75) is 32.9 Å². The van der Waals surface area contributed by atoms with E-state index in [1.807, 2.05) is 29.2 Å². The lowest BCUT2D eigenvalue weighted by molar-refractivity contribution is 0.0628. The molecule has 0 spiro atoms. The summed E-state index contributed by atoms with van der Waals surface area (Å²) in [5, 5.41) is 12.2. The summed E-state index contributed by atoms with van der Waals surface area (Å²) in [7, 11) is 0. The smallest absolute Gasteiger partial charge is 0.276 e. The van der Waals surface area contributed by atoms with Gasteiger partial charge in [0, 0.05) is 31.2 Å². The molecule has 1 atom stereocenters. The Balaban J connectivity index is 0.00000243. The molecule has 0 aliphatic carbocycles. The second-order valence-electron chi connectivity index (χ2n) is 6.82. The molecule has 0 radical (unpaired) electrons. The van der Waals surface area contributed by atoms with Gasteiger partial charge in [-0.25, -0.2) is 0 Å². The summed E-state index contributed by atoms with van der Waals surface area (Å²) in [5.41, 5.74) is 1.43. The molecule has 1 amide bonds. The quantitative estimate of drug-likeness (QED) is 0.841. The normalized spacial score (nSPS) is 17.2. The number of benzene rings is 1. The van der Waals surface area contributed by atoms with Crippen LogP contribution >= 0.6 is 24.0 Å². The average Bonchev–Trinajstić information content (AvgIpc) is 3.08. The van der Waals surface area contributed by atoms with Gasteiger partial charge in [-0.15, -0.1) is 17.5 Å². The number of aromatic nitrogens is 3. The lowest BCUT2D eigenvalue weighted by atomic mass is 10.0. The van der Waals surface area contributed by atoms with Gasteiger partial charge >= 0.3 is 0 Å². The maximum atomic E-state index is 13.0. The van der Waals surface area contributed by atoms with E-state index in [2.05, 4.69) is 29.5 Å². The molecule has 142 valence electrons. The van der Waals surface area contributed by atoms with Crippen molar-refractivity contribution in [2.75, 3.05) is 19.6 Å². The van der Waals surface area contributed by atoms with Crippen molar-refractivity contribution in [1.82, 2.24) is 25.2 Å². The molecule has 8 heteroatoms. The first-order valence-electron chi connectivity index (χ1n) is 8.72. The second-order valence-corrected chi connectivity index (χ2v) is 7.26. The van der Waals surface area contributed by atoms with E-state index < -0.39 is 0 Å². The van der Waals surface area contributed by atoms with Crippen LogP contribution in [0.15, 0.2) is 30.5 Å². The lowest BCUT2D eigenvalue weighted by Gasteiger charge is -2.36. The van der Waals surface area contributed by atoms with Crippen LogP contribution in [0.1, 0.15) is 42.4 Å². The van der Waals surface area contributed by atoms with Crippen molar-refractivity contribution >= 4 is 29.9 Å². The summed E-state index contributed by atoms with van der Waals surface area (Å²) in [6.45, 7) is 7.21. The van der Waals surface area contributed by atoms with Crippen LogP contribution in [0.4, 0.5) is 0 Å². The fourth-order valence-electron chi connectivity index (χ4n) is 3.00. The Kier molecular flexibility index (Phi) is 7.43. The van der Waals surface area contributed by atoms with Crippen molar-refractivity contribution in [1.29, 1.82) is 0 Å². The Hall–Kier alpha value is -1.63. The number of nitrogens with one attached hydrogen (secondary N) is 1. The predicted octanol–water partition coefficient (Wildman–Crippen LogP) is 3.19. The summed E-state index contributed by atoms with van der Waals surface area (Å²) in [5.74, 6) is 0.506. The van der Waals surface area contributed by atoms with Crippen LogP contribution < -0.4 is 5.32 Å². The molecular weight excluding hydrogens is 373 g/mol. The van der Waals surface area contributed by atoms with E-state index in [1.165, 1.54) is 0 Å². The van der Waals surface area contributed by atoms with Gasteiger partial charge in [0.05, 0.1) is 12.2 Å². The van der Waals surface area contributed by atoms with Gasteiger partial charge in [-0.2, -0.15) is 0 Å². The Morgan fingerprint density at radius 3 is 2.96 bits per heavy atom. The van der Waals surface area contributed by atoms with E-state index in [0.717, 1.165) is 25.1 Å². The molecule has 0 bridgehead atoms. The highest BCUT2D eigenvalue weighted by atomic mass is 35.5. The summed E-state index contributed by atoms with van der Waals surface area (Å²) >= 11 is 6.12. The third-order valence-corrected chi connectivity index (χ3v) is 4.67. The zero-order valence-electron chi connectivity index (χ0n) is 15.1. The van der Waals surface area contributed by atoms with E-state index in [-0.39, 0.29) is 24.4 Å². The number of nitrogens with zero attached hydrogens (tertiary/aromatic N) is 4. The third-order valence-electron chi connectivity index (χ3n) is 4.43. The standard InChI is InChI=1S/C18H24ClN5O.ClH/c1-13(2)6-8-23-12-16(21-22-23)18(25)24-9-7-20-11-17(24)14-4-3-5-15(19)10-14;/h3-5,10,12-13,17,20H,6-9,11H2,1-2H3;1H. The maximum Gasteiger partial charge on any atom is 0.276 e. The number of carbonyl (C=O) groups excluding carboxylic acids is 1. The van der Waals surface area contributed by atoms with Crippen LogP contribution in [0.2, 0.25) is 5.02 Å². The van der Waals surface area contributed by atoms with E-state index in [1.54, 1.807) is 10.9 Å². The topological polar surface area (TPSA) is 63.1 Å². The monoisotopic (exact) mass is 397 g/mol. The molecule has 3 rings (SSSR count). The largest absolute Gasteiger partial charge is 0.328 e. The number of hydrogen-bond acceptors (Lipinski definition) is 4. The van der Waals surface area contributed by atoms with Gasteiger partial charge in [0.15, 0.2) is 5.69 Å². The highest BCUT2D eigenvalue weighted by Crippen LogP contribution is 2.25. The number of piperazine rings is 1. The minimum absolute atomic E-state index is 0. The fraction of sp³-hybridized carbons (Fsp3) is 0.500. The van der Waals surface area contributed by atoms with E-state index in [4.69, 9.17) is 11.6 Å². The highest BCUT2D eigenvalue weighted by molar-refractivity contribution is 6.30. The molecule has 1 aromatic heterocycles. The molecule has 1 fully saturated rings. The van der Waals surface area contributed by atoms with Gasteiger partial charge in [0.1, 0.15) is 0 Å². The average molecular weight is 398 g/mol. The SMILES string of the molecule is CC(C)CCn1cc(C(=O)N2CCNCC2c2cccc(Cl)c2)nn1.Cl. The molecule has 0 saturated carbocycles. The van der Waals surface area contributed by atoms with Gasteiger partial charge in [0.2, 0.25) is 0 Å². The number of hydrogen-bond donors (Lipinski definition) is 1. The van der Waals surface area contributed by atoms with Crippen LogP contribution in [0.25, 0.3) is 0 Å². The molecule has 2 heterocycles. The Morgan fingerprint density at radius 2 is 2.23 bits per heavy atom. The molecule has 1 unspecified atom stereocenters. The maximum absolute atomic E-state index is 13.0. The summed E-state index contributed by atoms with van der Waals surface area (Å²) in [6.07, 6.45) is 2.76. The Bertz CT molecular complexity index is 734. The molecule has 2 aromatic rings. The molecule has 1 aliphatic rings. The van der Waals surface area contributed by atoms with Gasteiger partial charge in [-0.05, 0) is 30.0 Å². The third kappa shape index (κ3) is 4.96. The predicted molar refractivity (Wildman–Crippen MR) is 105 cm³/mol. The van der Waals surface area contributed by atoms with Crippen LogP contribution in [-0.4, -0.2) is 45.4 Å². The van der Waals surface area contributed by atoms with E-state index >= 15 is 0 Å². The zero-order valence-corrected chi connectivity index (χ0v) is 16.6. The molecular formula is C18H25Cl2N5O. The number of amides is 1. The fourth-order valence-corrected chi connectivity index (χ4v) is 3.20. The first-order valence-corrected chi connectivity index (χ1v) is 9.09. The van der Waals surface area contributed by atoms with Crippen molar-refractivity contribution in [3.8, 4) is 0 Å². The number of aryl methyl sites for hydroxylation is 1. The summed E-state index contributed by atoms with van der Waals surface area (Å²) in [6, 6.07) is 7.62. The molecule has 26 heavy (non-hydrogen) atoms. The van der Waals surface area contributed by atoms with Crippen molar-refractivity contribution in [2.24, 2.45) is 5.92 Å². The number of rotatable bonds is 5. The van der Waals surface area contributed by atoms with Crippen molar-refractivity contribution in [3.63, 3.8) is 0 Å². The molecule has 6 nitrogen and oxygen atoms in total. The van der Waals surface area contributed by atoms with Gasteiger partial charge in [0.25, 0.3) is 5.91 Å². The number of halogens is 2. The second kappa shape index (κ2) is 9.35. The van der Waals surface area contributed by atoms with Gasteiger partial charge in [-0.3, -0.25) is 9.48 Å². The Morgan fingerprint density at radius 1 is 1.42 bits per heavy atom. The lowest BCUT2D eigenvalue weighted by Crippen LogP contribution is -2.48. The van der Waals surface area contributed by atoms with E-state index in [0.29, 0.717) is 29.7 Å². The number of carbonyl (C=O) groups is 1. The molecule has 1 saturated heterocycles. The highest BCUT2D eigenvalue weighted by Gasteiger charge is 2.30. The van der Waals surface area contributed by atoms with Gasteiger partial charge in [-0.1, -0.05) is 42.8 Å². The van der Waals surface area contributed by atoms with Crippen LogP contribution in [0, 0.1) is 5.92 Å². The van der Waals surface area contributed by atoms with Gasteiger partial charge < -0.3 is 10.2 Å². The van der Waals surface area contributed by atoms with E-state index in [9.17, 15) is 4.79 Å². The molecule has 1 aromatic carbocycles. The molecule has 1 N–H and O–H groups in total. The summed E-state index contributed by atoms with van der Waals surface area (Å²) in [4.78, 5) is 14.8. The van der Waals surface area contributed by atoms with Crippen LogP contribution in [0.3, 0.4) is 0 Å². The van der Waals surface area contributed by atoms with Crippen molar-refractivity contribution in [3.05, 3.63) is 46.7 Å². The van der Waals surface area contributed by atoms with Crippen LogP contribution in [-0.2, 0) is 6.54 Å². The Labute approximate surface area is 165 Å². The minimum atomic E-state index is -0.0812. The molecule has 1 aliphatic heterocycles. The first kappa shape index (κ1) is 20.7.